The number of aliphatic hydroxyl groups is 1. The number of anilines is 1. The van der Waals surface area contributed by atoms with Gasteiger partial charge in [0.1, 0.15) is 5.69 Å². The van der Waals surface area contributed by atoms with E-state index in [-0.39, 0.29) is 0 Å². The molecule has 138 valence electrons. The normalized spacial score (nSPS) is 21.7. The zero-order valence-electron chi connectivity index (χ0n) is 15.0. The fourth-order valence-corrected chi connectivity index (χ4v) is 3.44. The first-order chi connectivity index (χ1) is 12.1. The average molecular weight is 349 g/mol. The molecule has 1 saturated heterocycles. The van der Waals surface area contributed by atoms with Crippen LogP contribution < -0.4 is 10.1 Å². The van der Waals surface area contributed by atoms with E-state index in [4.69, 9.17) is 14.2 Å². The first-order valence-corrected chi connectivity index (χ1v) is 8.86. The van der Waals surface area contributed by atoms with Crippen molar-refractivity contribution in [1.82, 2.24) is 9.97 Å². The summed E-state index contributed by atoms with van der Waals surface area (Å²) in [7, 11) is 1.57. The van der Waals surface area contributed by atoms with E-state index >= 15 is 0 Å². The van der Waals surface area contributed by atoms with Gasteiger partial charge in [-0.2, -0.15) is 4.98 Å². The maximum Gasteiger partial charge on any atom is 0.234 e. The summed E-state index contributed by atoms with van der Waals surface area (Å²) in [5.41, 5.74) is 0.0614. The molecule has 0 amide bonds. The van der Waals surface area contributed by atoms with Gasteiger partial charge < -0.3 is 24.6 Å². The molecule has 1 aliphatic heterocycles. The summed E-state index contributed by atoms with van der Waals surface area (Å²) in [4.78, 5) is 8.74. The summed E-state index contributed by atoms with van der Waals surface area (Å²) in [6, 6.07) is 0. The van der Waals surface area contributed by atoms with Gasteiger partial charge in [-0.05, 0) is 32.3 Å². The van der Waals surface area contributed by atoms with Crippen LogP contribution in [-0.2, 0) is 9.47 Å². The highest BCUT2D eigenvalue weighted by atomic mass is 16.7. The smallest absolute Gasteiger partial charge is 0.234 e. The van der Waals surface area contributed by atoms with Crippen molar-refractivity contribution in [2.24, 2.45) is 0 Å². The van der Waals surface area contributed by atoms with Crippen molar-refractivity contribution >= 4 is 11.9 Å². The molecule has 2 aliphatic rings. The fourth-order valence-electron chi connectivity index (χ4n) is 3.44. The molecule has 25 heavy (non-hydrogen) atoms. The lowest BCUT2D eigenvalue weighted by molar-refractivity contribution is -0.202. The quantitative estimate of drug-likeness (QED) is 0.815. The number of rotatable bonds is 6. The first-order valence-electron chi connectivity index (χ1n) is 8.86. The van der Waals surface area contributed by atoms with E-state index in [2.05, 4.69) is 15.3 Å². The molecule has 1 aromatic rings. The van der Waals surface area contributed by atoms with Gasteiger partial charge in [0.15, 0.2) is 11.6 Å². The second kappa shape index (κ2) is 7.68. The van der Waals surface area contributed by atoms with Crippen LogP contribution in [-0.4, -0.2) is 53.3 Å². The van der Waals surface area contributed by atoms with Gasteiger partial charge in [-0.25, -0.2) is 4.98 Å². The van der Waals surface area contributed by atoms with Gasteiger partial charge in [-0.3, -0.25) is 0 Å². The number of aromatic nitrogens is 2. The molecule has 0 atom stereocenters. The zero-order valence-corrected chi connectivity index (χ0v) is 15.0. The van der Waals surface area contributed by atoms with E-state index in [1.807, 2.05) is 19.1 Å². The van der Waals surface area contributed by atoms with Crippen LogP contribution in [0.2, 0.25) is 0 Å². The predicted octanol–water partition coefficient (Wildman–Crippen LogP) is 2.37. The lowest BCUT2D eigenvalue weighted by Crippen LogP contribution is -2.44. The fraction of sp³-hybridized carbons (Fsp3) is 0.667. The number of nitrogens with zero attached hydrogens (tertiary/aromatic N) is 2. The van der Waals surface area contributed by atoms with Crippen LogP contribution in [0.3, 0.4) is 0 Å². The van der Waals surface area contributed by atoms with E-state index in [9.17, 15) is 5.11 Å². The Morgan fingerprint density at radius 3 is 2.64 bits per heavy atom. The third kappa shape index (κ3) is 4.29. The second-order valence-corrected chi connectivity index (χ2v) is 6.65. The Labute approximate surface area is 148 Å². The van der Waals surface area contributed by atoms with E-state index in [1.54, 1.807) is 13.3 Å². The maximum atomic E-state index is 10.8. The van der Waals surface area contributed by atoms with E-state index in [0.717, 1.165) is 18.5 Å². The van der Waals surface area contributed by atoms with E-state index in [1.165, 1.54) is 0 Å². The molecule has 0 aromatic carbocycles. The topological polar surface area (TPSA) is 85.7 Å². The Bertz CT molecular complexity index is 604. The van der Waals surface area contributed by atoms with Crippen molar-refractivity contribution in [1.29, 1.82) is 0 Å². The predicted molar refractivity (Wildman–Crippen MR) is 94.5 cm³/mol. The minimum absolute atomic E-state index is 0.447. The maximum absolute atomic E-state index is 10.8. The minimum Gasteiger partial charge on any atom is -0.480 e. The van der Waals surface area contributed by atoms with E-state index < -0.39 is 11.4 Å². The molecule has 0 radical (unpaired) electrons. The zero-order chi connectivity index (χ0) is 17.8. The summed E-state index contributed by atoms with van der Waals surface area (Å²) in [5.74, 6) is 0.678. The van der Waals surface area contributed by atoms with Gasteiger partial charge in [0.2, 0.25) is 5.88 Å². The van der Waals surface area contributed by atoms with Crippen LogP contribution in [0, 0.1) is 0 Å². The van der Waals surface area contributed by atoms with Crippen LogP contribution in [0.25, 0.3) is 6.08 Å². The Hall–Kier alpha value is -1.70. The van der Waals surface area contributed by atoms with Crippen molar-refractivity contribution in [3.63, 3.8) is 0 Å². The molecule has 0 unspecified atom stereocenters. The van der Waals surface area contributed by atoms with Crippen LogP contribution in [0.4, 0.5) is 5.82 Å². The molecule has 1 aromatic heterocycles. The van der Waals surface area contributed by atoms with E-state index in [0.29, 0.717) is 50.7 Å². The Morgan fingerprint density at radius 1 is 1.28 bits per heavy atom. The molecule has 1 spiro atoms. The summed E-state index contributed by atoms with van der Waals surface area (Å²) in [5, 5.41) is 14.1. The lowest BCUT2D eigenvalue weighted by Gasteiger charge is -2.40. The summed E-state index contributed by atoms with van der Waals surface area (Å²) < 4.78 is 16.6. The van der Waals surface area contributed by atoms with Crippen molar-refractivity contribution in [2.45, 2.75) is 50.4 Å². The van der Waals surface area contributed by atoms with Crippen molar-refractivity contribution < 1.29 is 19.3 Å². The molecular formula is C18H27N3O4. The second-order valence-electron chi connectivity index (χ2n) is 6.65. The van der Waals surface area contributed by atoms with Crippen LogP contribution in [0.5, 0.6) is 5.88 Å². The highest BCUT2D eigenvalue weighted by Crippen LogP contribution is 2.41. The molecule has 2 heterocycles. The molecule has 2 fully saturated rings. The minimum atomic E-state index is -0.694. The highest BCUT2D eigenvalue weighted by molar-refractivity contribution is 5.59. The number of methoxy groups -OCH3 is 1. The molecule has 2 N–H and O–H groups in total. The molecule has 3 rings (SSSR count). The lowest BCUT2D eigenvalue weighted by atomic mass is 9.79. The number of hydrogen-bond acceptors (Lipinski definition) is 7. The number of hydrogen-bond donors (Lipinski definition) is 2. The van der Waals surface area contributed by atoms with Gasteiger partial charge in [0.05, 0.1) is 32.1 Å². The molecular weight excluding hydrogens is 322 g/mol. The third-order valence-corrected chi connectivity index (χ3v) is 4.95. The van der Waals surface area contributed by atoms with Gasteiger partial charge in [0, 0.05) is 19.4 Å². The van der Waals surface area contributed by atoms with Crippen molar-refractivity contribution in [2.75, 3.05) is 32.2 Å². The van der Waals surface area contributed by atoms with Gasteiger partial charge in [0.25, 0.3) is 0 Å². The van der Waals surface area contributed by atoms with Crippen molar-refractivity contribution in [3.8, 4) is 5.88 Å². The first kappa shape index (κ1) is 18.1. The molecule has 0 bridgehead atoms. The standard InChI is InChI=1S/C18H27N3O4/c1-3-4-14-16(21-15(23-2)13-20-14)19-10-9-17(22)5-7-18(8-6-17)24-11-12-25-18/h3-4,13,22H,5-12H2,1-2H3,(H,19,21)/b4-3+. The van der Waals surface area contributed by atoms with Gasteiger partial charge in [-0.1, -0.05) is 6.08 Å². The Kier molecular flexibility index (Phi) is 5.56. The van der Waals surface area contributed by atoms with Gasteiger partial charge in [-0.15, -0.1) is 0 Å². The Morgan fingerprint density at radius 2 is 2.00 bits per heavy atom. The third-order valence-electron chi connectivity index (χ3n) is 4.95. The largest absolute Gasteiger partial charge is 0.480 e. The van der Waals surface area contributed by atoms with Gasteiger partial charge >= 0.3 is 0 Å². The molecule has 1 saturated carbocycles. The summed E-state index contributed by atoms with van der Waals surface area (Å²) in [6.07, 6.45) is 8.88. The highest BCUT2D eigenvalue weighted by Gasteiger charge is 2.45. The average Bonchev–Trinajstić information content (AvgIpc) is 3.08. The SMILES string of the molecule is C/C=C/c1ncc(OC)nc1NCCC1(O)CCC2(CC1)OCCO2. The Balaban J connectivity index is 1.55. The number of allylic oxidation sites excluding steroid dienone is 1. The molecule has 7 nitrogen and oxygen atoms in total. The van der Waals surface area contributed by atoms with Crippen molar-refractivity contribution in [3.05, 3.63) is 18.0 Å². The number of ether oxygens (including phenoxy) is 3. The monoisotopic (exact) mass is 349 g/mol. The number of nitrogens with one attached hydrogen (secondary N) is 1. The molecule has 7 heteroatoms. The summed E-state index contributed by atoms with van der Waals surface area (Å²) in [6.45, 7) is 3.85. The van der Waals surface area contributed by atoms with Crippen LogP contribution >= 0.6 is 0 Å². The molecule has 1 aliphatic carbocycles. The van der Waals surface area contributed by atoms with Crippen LogP contribution in [0.15, 0.2) is 12.3 Å². The summed E-state index contributed by atoms with van der Waals surface area (Å²) >= 11 is 0. The van der Waals surface area contributed by atoms with Crippen LogP contribution in [0.1, 0.15) is 44.7 Å².